The monoisotopic (exact) mass is 459 g/mol. The average Bonchev–Trinajstić information content (AvgIpc) is 3.15. The normalized spacial score (nSPS) is 18.2. The lowest BCUT2D eigenvalue weighted by Crippen LogP contribution is -2.32. The van der Waals surface area contributed by atoms with E-state index in [-0.39, 0.29) is 19.6 Å². The fourth-order valence-electron chi connectivity index (χ4n) is 3.47. The summed E-state index contributed by atoms with van der Waals surface area (Å²) in [6, 6.07) is 7.38. The third kappa shape index (κ3) is 5.32. The number of aryl methyl sites for hydroxylation is 1. The Kier molecular flexibility index (Phi) is 7.27. The van der Waals surface area contributed by atoms with Crippen molar-refractivity contribution in [3.05, 3.63) is 42.4 Å². The van der Waals surface area contributed by atoms with E-state index < -0.39 is 9.73 Å². The molecule has 2 aromatic heterocycles. The summed E-state index contributed by atoms with van der Waals surface area (Å²) in [5.74, 6) is 1.05. The van der Waals surface area contributed by atoms with Crippen molar-refractivity contribution in [3.8, 4) is 5.88 Å². The zero-order valence-electron chi connectivity index (χ0n) is 17.9. The maximum atomic E-state index is 12.1. The SMILES string of the molecule is C.CO[C@@H]1COC[C@H]1Oc1ncccc1Nc1ncnc2cc(N=S(C)(C)=O)cc(C)c12. The van der Waals surface area contributed by atoms with Gasteiger partial charge in [-0.1, -0.05) is 7.43 Å². The number of ether oxygens (including phenoxy) is 3. The Morgan fingerprint density at radius 3 is 2.72 bits per heavy atom. The molecule has 3 aromatic rings. The van der Waals surface area contributed by atoms with Crippen LogP contribution in [0.15, 0.2) is 41.2 Å². The van der Waals surface area contributed by atoms with Crippen LogP contribution in [0.25, 0.3) is 10.9 Å². The van der Waals surface area contributed by atoms with Gasteiger partial charge in [0.25, 0.3) is 0 Å². The minimum atomic E-state index is -2.27. The standard InChI is InChI=1S/C21H25N5O4S.CH4/c1-13-8-14(26-31(3,4)27)9-16-19(13)20(24-12-23-16)25-15-6-5-7-22-21(15)30-18-11-29-10-17(18)28-2;/h5-9,12,17-18H,10-11H2,1-4H3,(H,23,24,25);1H4/t17-,18-;/m1./s1. The number of benzene rings is 1. The fraction of sp³-hybridized carbons (Fsp3) is 0.409. The van der Waals surface area contributed by atoms with Crippen LogP contribution in [0, 0.1) is 6.92 Å². The Labute approximate surface area is 188 Å². The Morgan fingerprint density at radius 1 is 1.19 bits per heavy atom. The number of nitrogens with one attached hydrogen (secondary N) is 1. The van der Waals surface area contributed by atoms with E-state index in [1.165, 1.54) is 6.33 Å². The summed E-state index contributed by atoms with van der Waals surface area (Å²) >= 11 is 0. The molecule has 10 heteroatoms. The lowest BCUT2D eigenvalue weighted by molar-refractivity contribution is 0.0311. The van der Waals surface area contributed by atoms with Crippen LogP contribution in [0.4, 0.5) is 17.2 Å². The number of aromatic nitrogens is 3. The predicted octanol–water partition coefficient (Wildman–Crippen LogP) is 3.86. The first kappa shape index (κ1) is 23.8. The number of nitrogens with zero attached hydrogens (tertiary/aromatic N) is 4. The molecule has 3 heterocycles. The second kappa shape index (κ2) is 9.76. The van der Waals surface area contributed by atoms with Gasteiger partial charge in [0.2, 0.25) is 5.88 Å². The van der Waals surface area contributed by atoms with Gasteiger partial charge in [-0.2, -0.15) is 4.36 Å². The van der Waals surface area contributed by atoms with Gasteiger partial charge in [-0.15, -0.1) is 0 Å². The van der Waals surface area contributed by atoms with Crippen LogP contribution in [0.3, 0.4) is 0 Å². The van der Waals surface area contributed by atoms with Gasteiger partial charge in [0, 0.05) is 40.9 Å². The van der Waals surface area contributed by atoms with Gasteiger partial charge in [-0.05, 0) is 36.8 Å². The lowest BCUT2D eigenvalue weighted by atomic mass is 10.1. The van der Waals surface area contributed by atoms with Crippen LogP contribution < -0.4 is 10.1 Å². The van der Waals surface area contributed by atoms with Crippen LogP contribution in [0.5, 0.6) is 5.88 Å². The smallest absolute Gasteiger partial charge is 0.238 e. The van der Waals surface area contributed by atoms with Gasteiger partial charge in [0.15, 0.2) is 6.10 Å². The van der Waals surface area contributed by atoms with E-state index in [1.54, 1.807) is 25.8 Å². The van der Waals surface area contributed by atoms with Gasteiger partial charge in [-0.25, -0.2) is 19.2 Å². The number of fused-ring (bicyclic) bond motifs is 1. The third-order valence-electron chi connectivity index (χ3n) is 4.81. The molecule has 4 rings (SSSR count). The molecular weight excluding hydrogens is 430 g/mol. The Hall–Kier alpha value is -2.82. The molecule has 0 saturated carbocycles. The first-order valence-corrected chi connectivity index (χ1v) is 12.1. The van der Waals surface area contributed by atoms with Crippen LogP contribution in [0.1, 0.15) is 13.0 Å². The van der Waals surface area contributed by atoms with Crippen LogP contribution in [-0.2, 0) is 19.2 Å². The van der Waals surface area contributed by atoms with E-state index in [0.717, 1.165) is 10.9 Å². The highest BCUT2D eigenvalue weighted by Gasteiger charge is 2.31. The third-order valence-corrected chi connectivity index (χ3v) is 5.46. The van der Waals surface area contributed by atoms with Gasteiger partial charge in [-0.3, -0.25) is 0 Å². The molecule has 2 atom stereocenters. The van der Waals surface area contributed by atoms with Crippen LogP contribution in [0.2, 0.25) is 0 Å². The summed E-state index contributed by atoms with van der Waals surface area (Å²) in [7, 11) is -0.637. The van der Waals surface area contributed by atoms with E-state index in [9.17, 15) is 4.21 Å². The van der Waals surface area contributed by atoms with Crippen molar-refractivity contribution in [2.45, 2.75) is 26.6 Å². The van der Waals surface area contributed by atoms with Crippen molar-refractivity contribution < 1.29 is 18.4 Å². The zero-order chi connectivity index (χ0) is 22.0. The number of pyridine rings is 1. The first-order valence-electron chi connectivity index (χ1n) is 9.76. The molecule has 1 aliphatic heterocycles. The number of anilines is 2. The van der Waals surface area contributed by atoms with Crippen LogP contribution in [-0.4, -0.2) is 64.2 Å². The molecule has 9 nitrogen and oxygen atoms in total. The van der Waals surface area contributed by atoms with E-state index in [2.05, 4.69) is 24.6 Å². The van der Waals surface area contributed by atoms with Crippen molar-refractivity contribution in [1.29, 1.82) is 0 Å². The van der Waals surface area contributed by atoms with E-state index in [1.807, 2.05) is 31.2 Å². The molecule has 0 aliphatic carbocycles. The number of methoxy groups -OCH3 is 1. The minimum Gasteiger partial charge on any atom is -0.468 e. The van der Waals surface area contributed by atoms with E-state index in [4.69, 9.17) is 14.2 Å². The van der Waals surface area contributed by atoms with E-state index in [0.29, 0.717) is 41.8 Å². The highest BCUT2D eigenvalue weighted by Crippen LogP contribution is 2.33. The summed E-state index contributed by atoms with van der Waals surface area (Å²) < 4.78 is 33.4. The van der Waals surface area contributed by atoms with Crippen LogP contribution >= 0.6 is 0 Å². The zero-order valence-corrected chi connectivity index (χ0v) is 18.7. The molecule has 0 unspecified atom stereocenters. The Bertz CT molecular complexity index is 1220. The first-order chi connectivity index (χ1) is 14.8. The molecule has 32 heavy (non-hydrogen) atoms. The summed E-state index contributed by atoms with van der Waals surface area (Å²) in [4.78, 5) is 13.2. The van der Waals surface area contributed by atoms with Crippen molar-refractivity contribution in [3.63, 3.8) is 0 Å². The second-order valence-corrected chi connectivity index (χ2v) is 10.1. The fourth-order valence-corrected chi connectivity index (χ4v) is 4.08. The molecule has 0 amide bonds. The Balaban J connectivity index is 0.00000289. The van der Waals surface area contributed by atoms with Crippen molar-refractivity contribution in [1.82, 2.24) is 15.0 Å². The number of rotatable bonds is 6. The summed E-state index contributed by atoms with van der Waals surface area (Å²) in [6.07, 6.45) is 5.96. The largest absolute Gasteiger partial charge is 0.468 e. The number of hydrogen-bond acceptors (Lipinski definition) is 9. The maximum Gasteiger partial charge on any atom is 0.238 e. The quantitative estimate of drug-likeness (QED) is 0.592. The molecule has 172 valence electrons. The number of hydrogen-bond donors (Lipinski definition) is 1. The van der Waals surface area contributed by atoms with Gasteiger partial charge < -0.3 is 19.5 Å². The summed E-state index contributed by atoms with van der Waals surface area (Å²) in [5, 5.41) is 4.17. The van der Waals surface area contributed by atoms with Gasteiger partial charge in [0.1, 0.15) is 23.9 Å². The topological polar surface area (TPSA) is 108 Å². The molecule has 1 fully saturated rings. The van der Waals surface area contributed by atoms with Crippen molar-refractivity contribution >= 4 is 37.8 Å². The summed E-state index contributed by atoms with van der Waals surface area (Å²) in [6.45, 7) is 2.87. The molecular formula is C22H29N5O4S. The van der Waals surface area contributed by atoms with Gasteiger partial charge in [0.05, 0.1) is 24.4 Å². The average molecular weight is 460 g/mol. The molecule has 1 saturated heterocycles. The highest BCUT2D eigenvalue weighted by atomic mass is 32.2. The second-order valence-electron chi connectivity index (χ2n) is 7.60. The minimum absolute atomic E-state index is 0. The highest BCUT2D eigenvalue weighted by molar-refractivity contribution is 7.92. The Morgan fingerprint density at radius 2 is 1.97 bits per heavy atom. The van der Waals surface area contributed by atoms with Crippen molar-refractivity contribution in [2.24, 2.45) is 4.36 Å². The molecule has 0 bridgehead atoms. The molecule has 1 aliphatic rings. The lowest BCUT2D eigenvalue weighted by Gasteiger charge is -2.19. The maximum absolute atomic E-state index is 12.1. The summed E-state index contributed by atoms with van der Waals surface area (Å²) in [5.41, 5.74) is 2.91. The van der Waals surface area contributed by atoms with Gasteiger partial charge >= 0.3 is 0 Å². The van der Waals surface area contributed by atoms with Crippen molar-refractivity contribution in [2.75, 3.05) is 38.2 Å². The van der Waals surface area contributed by atoms with E-state index >= 15 is 0 Å². The molecule has 1 aromatic carbocycles. The predicted molar refractivity (Wildman–Crippen MR) is 127 cm³/mol. The molecule has 1 N–H and O–H groups in total. The molecule has 0 spiro atoms. The molecule has 0 radical (unpaired) electrons.